The second kappa shape index (κ2) is 7.44. The predicted molar refractivity (Wildman–Crippen MR) is 67.5 cm³/mol. The Morgan fingerprint density at radius 2 is 1.94 bits per heavy atom. The third-order valence-electron chi connectivity index (χ3n) is 2.47. The zero-order valence-corrected chi connectivity index (χ0v) is 11.0. The largest absolute Gasteiger partial charge is 0.481 e. The smallest absolute Gasteiger partial charge is 0.307 e. The summed E-state index contributed by atoms with van der Waals surface area (Å²) in [7, 11) is 0. The summed E-state index contributed by atoms with van der Waals surface area (Å²) in [4.78, 5) is 13.0. The van der Waals surface area contributed by atoms with Crippen LogP contribution in [0.5, 0.6) is 0 Å². The summed E-state index contributed by atoms with van der Waals surface area (Å²) >= 11 is 0. The zero-order chi connectivity index (χ0) is 12.7. The van der Waals surface area contributed by atoms with Gasteiger partial charge in [0.1, 0.15) is 0 Å². The summed E-state index contributed by atoms with van der Waals surface area (Å²) in [6, 6.07) is 0. The third kappa shape index (κ3) is 7.46. The van der Waals surface area contributed by atoms with Gasteiger partial charge >= 0.3 is 5.97 Å². The van der Waals surface area contributed by atoms with E-state index in [0.29, 0.717) is 12.5 Å². The van der Waals surface area contributed by atoms with Crippen LogP contribution >= 0.6 is 0 Å². The van der Waals surface area contributed by atoms with E-state index >= 15 is 0 Å². The highest BCUT2D eigenvalue weighted by molar-refractivity contribution is 5.69. The van der Waals surface area contributed by atoms with E-state index in [1.54, 1.807) is 6.92 Å². The molecule has 0 radical (unpaired) electrons. The number of nitrogens with zero attached hydrogens (tertiary/aromatic N) is 1. The number of carboxylic acids is 1. The van der Waals surface area contributed by atoms with Gasteiger partial charge in [-0.3, -0.25) is 9.69 Å². The molecular formula is C13H25NO2. The van der Waals surface area contributed by atoms with E-state index in [0.717, 1.165) is 25.1 Å². The van der Waals surface area contributed by atoms with Crippen LogP contribution in [-0.4, -0.2) is 35.6 Å². The molecule has 0 spiro atoms. The highest BCUT2D eigenvalue weighted by Crippen LogP contribution is 2.07. The fourth-order valence-electron chi connectivity index (χ4n) is 1.52. The van der Waals surface area contributed by atoms with Crippen LogP contribution in [-0.2, 0) is 4.79 Å². The van der Waals surface area contributed by atoms with Gasteiger partial charge in [-0.15, -0.1) is 0 Å². The maximum Gasteiger partial charge on any atom is 0.307 e. The lowest BCUT2D eigenvalue weighted by Gasteiger charge is -2.25. The fourth-order valence-corrected chi connectivity index (χ4v) is 1.52. The summed E-state index contributed by atoms with van der Waals surface area (Å²) in [6.45, 7) is 14.3. The minimum absolute atomic E-state index is 0.313. The molecule has 0 aliphatic rings. The van der Waals surface area contributed by atoms with Gasteiger partial charge < -0.3 is 5.11 Å². The van der Waals surface area contributed by atoms with Crippen molar-refractivity contribution in [2.24, 2.45) is 11.8 Å². The molecule has 3 nitrogen and oxygen atoms in total. The van der Waals surface area contributed by atoms with Gasteiger partial charge in [0.25, 0.3) is 0 Å². The number of hydrogen-bond donors (Lipinski definition) is 1. The Bertz CT molecular complexity index is 236. The molecule has 0 fully saturated rings. The van der Waals surface area contributed by atoms with Gasteiger partial charge in [0, 0.05) is 13.1 Å². The van der Waals surface area contributed by atoms with E-state index in [1.807, 2.05) is 6.92 Å². The molecule has 3 heteroatoms. The summed E-state index contributed by atoms with van der Waals surface area (Å²) in [5.41, 5.74) is 1.08. The second-order valence-electron chi connectivity index (χ2n) is 5.11. The van der Waals surface area contributed by atoms with Crippen molar-refractivity contribution < 1.29 is 9.90 Å². The van der Waals surface area contributed by atoms with Gasteiger partial charge in [0.05, 0.1) is 5.92 Å². The van der Waals surface area contributed by atoms with Crippen LogP contribution in [0, 0.1) is 11.8 Å². The molecule has 0 aliphatic heterocycles. The summed E-state index contributed by atoms with van der Waals surface area (Å²) in [6.07, 6.45) is 1.10. The first-order valence-corrected chi connectivity index (χ1v) is 5.92. The molecule has 0 saturated carbocycles. The number of aliphatic carboxylic acids is 1. The van der Waals surface area contributed by atoms with Gasteiger partial charge in [-0.1, -0.05) is 32.9 Å². The van der Waals surface area contributed by atoms with Crippen LogP contribution in [0.3, 0.4) is 0 Å². The number of rotatable bonds is 8. The quantitative estimate of drug-likeness (QED) is 0.648. The molecule has 94 valence electrons. The molecule has 0 aromatic carbocycles. The maximum atomic E-state index is 10.8. The van der Waals surface area contributed by atoms with Crippen molar-refractivity contribution in [1.82, 2.24) is 4.90 Å². The van der Waals surface area contributed by atoms with Gasteiger partial charge in [-0.2, -0.15) is 0 Å². The molecule has 1 N–H and O–H groups in total. The second-order valence-corrected chi connectivity index (χ2v) is 5.11. The molecule has 0 aliphatic carbocycles. The number of carbonyl (C=O) groups is 1. The Hall–Kier alpha value is -0.830. The summed E-state index contributed by atoms with van der Waals surface area (Å²) < 4.78 is 0. The van der Waals surface area contributed by atoms with Crippen molar-refractivity contribution in [1.29, 1.82) is 0 Å². The molecule has 0 heterocycles. The first-order valence-electron chi connectivity index (χ1n) is 5.92. The Morgan fingerprint density at radius 1 is 1.38 bits per heavy atom. The van der Waals surface area contributed by atoms with Gasteiger partial charge in [0.15, 0.2) is 0 Å². The van der Waals surface area contributed by atoms with Crippen molar-refractivity contribution >= 4 is 5.97 Å². The SMILES string of the molecule is C=C(C)CN(CCC(C)C)CC(C)C(=O)O. The molecular weight excluding hydrogens is 202 g/mol. The van der Waals surface area contributed by atoms with Crippen molar-refractivity contribution in [3.8, 4) is 0 Å². The molecule has 1 atom stereocenters. The van der Waals surface area contributed by atoms with Crippen LogP contribution in [0.1, 0.15) is 34.1 Å². The number of hydrogen-bond acceptors (Lipinski definition) is 2. The Balaban J connectivity index is 4.19. The lowest BCUT2D eigenvalue weighted by atomic mass is 10.1. The zero-order valence-electron chi connectivity index (χ0n) is 11.0. The first-order chi connectivity index (χ1) is 7.32. The fraction of sp³-hybridized carbons (Fsp3) is 0.769. The Morgan fingerprint density at radius 3 is 2.31 bits per heavy atom. The van der Waals surface area contributed by atoms with Crippen LogP contribution in [0.2, 0.25) is 0 Å². The van der Waals surface area contributed by atoms with Crippen molar-refractivity contribution in [2.75, 3.05) is 19.6 Å². The monoisotopic (exact) mass is 227 g/mol. The normalized spacial score (nSPS) is 13.1. The molecule has 0 saturated heterocycles. The highest BCUT2D eigenvalue weighted by atomic mass is 16.4. The standard InChI is InChI=1S/C13H25NO2/c1-10(2)6-7-14(8-11(3)4)9-12(5)13(15)16/h10,12H,3,6-9H2,1-2,4-5H3,(H,15,16). The van der Waals surface area contributed by atoms with Crippen LogP contribution in [0.25, 0.3) is 0 Å². The van der Waals surface area contributed by atoms with E-state index in [4.69, 9.17) is 5.11 Å². The Kier molecular flexibility index (Phi) is 7.06. The van der Waals surface area contributed by atoms with Crippen LogP contribution in [0.15, 0.2) is 12.2 Å². The van der Waals surface area contributed by atoms with E-state index in [-0.39, 0.29) is 5.92 Å². The average molecular weight is 227 g/mol. The predicted octanol–water partition coefficient (Wildman–Crippen LogP) is 2.63. The summed E-state index contributed by atoms with van der Waals surface area (Å²) in [5, 5.41) is 8.89. The molecule has 1 unspecified atom stereocenters. The molecule has 0 bridgehead atoms. The maximum absolute atomic E-state index is 10.8. The molecule has 0 rings (SSSR count). The minimum Gasteiger partial charge on any atom is -0.481 e. The van der Waals surface area contributed by atoms with Gasteiger partial charge in [-0.05, 0) is 25.8 Å². The minimum atomic E-state index is -0.726. The molecule has 16 heavy (non-hydrogen) atoms. The molecule has 0 aromatic rings. The third-order valence-corrected chi connectivity index (χ3v) is 2.47. The average Bonchev–Trinajstić information content (AvgIpc) is 2.12. The van der Waals surface area contributed by atoms with E-state index in [2.05, 4.69) is 25.3 Å². The van der Waals surface area contributed by atoms with E-state index in [9.17, 15) is 4.79 Å². The first kappa shape index (κ1) is 15.2. The van der Waals surface area contributed by atoms with Crippen LogP contribution < -0.4 is 0 Å². The molecule has 0 amide bonds. The Labute approximate surface area is 99.1 Å². The molecule has 0 aromatic heterocycles. The summed E-state index contributed by atoms with van der Waals surface area (Å²) in [5.74, 6) is -0.393. The number of carboxylic acid groups (broad SMARTS) is 1. The highest BCUT2D eigenvalue weighted by Gasteiger charge is 2.16. The lowest BCUT2D eigenvalue weighted by molar-refractivity contribution is -0.141. The van der Waals surface area contributed by atoms with Crippen molar-refractivity contribution in [2.45, 2.75) is 34.1 Å². The van der Waals surface area contributed by atoms with Crippen molar-refractivity contribution in [3.05, 3.63) is 12.2 Å². The van der Waals surface area contributed by atoms with Crippen molar-refractivity contribution in [3.63, 3.8) is 0 Å². The van der Waals surface area contributed by atoms with E-state index in [1.165, 1.54) is 0 Å². The topological polar surface area (TPSA) is 40.5 Å². The lowest BCUT2D eigenvalue weighted by Crippen LogP contribution is -2.34. The van der Waals surface area contributed by atoms with Gasteiger partial charge in [0.2, 0.25) is 0 Å². The van der Waals surface area contributed by atoms with Crippen LogP contribution in [0.4, 0.5) is 0 Å². The van der Waals surface area contributed by atoms with Gasteiger partial charge in [-0.25, -0.2) is 0 Å². The van der Waals surface area contributed by atoms with E-state index < -0.39 is 5.97 Å².